The van der Waals surface area contributed by atoms with Crippen LogP contribution in [-0.2, 0) is 16.0 Å². The molecule has 1 aromatic rings. The SMILES string of the molecule is Nc1nc(=O)n(CC2OCCO2)cc1I. The van der Waals surface area contributed by atoms with Crippen molar-refractivity contribution in [3.05, 3.63) is 20.3 Å². The van der Waals surface area contributed by atoms with E-state index in [9.17, 15) is 4.79 Å². The summed E-state index contributed by atoms with van der Waals surface area (Å²) in [7, 11) is 0. The zero-order chi connectivity index (χ0) is 10.8. The number of rotatable bonds is 2. The van der Waals surface area contributed by atoms with Gasteiger partial charge >= 0.3 is 5.69 Å². The molecule has 1 aliphatic heterocycles. The number of ether oxygens (including phenoxy) is 2. The number of hydrogen-bond acceptors (Lipinski definition) is 5. The van der Waals surface area contributed by atoms with Crippen LogP contribution in [0.15, 0.2) is 11.0 Å². The number of halogens is 1. The molecule has 7 heteroatoms. The van der Waals surface area contributed by atoms with Crippen LogP contribution >= 0.6 is 22.6 Å². The van der Waals surface area contributed by atoms with Gasteiger partial charge in [0.15, 0.2) is 6.29 Å². The highest BCUT2D eigenvalue weighted by Gasteiger charge is 2.17. The Balaban J connectivity index is 2.20. The van der Waals surface area contributed by atoms with Crippen molar-refractivity contribution in [1.29, 1.82) is 0 Å². The standard InChI is InChI=1S/C8H10IN3O3/c9-5-3-12(8(13)11-7(5)10)4-6-14-1-2-15-6/h3,6H,1-2,4H2,(H2,10,11,13). The van der Waals surface area contributed by atoms with E-state index in [-0.39, 0.29) is 17.8 Å². The Kier molecular flexibility index (Phi) is 3.22. The molecule has 0 spiro atoms. The summed E-state index contributed by atoms with van der Waals surface area (Å²) in [5.74, 6) is 0.255. The van der Waals surface area contributed by atoms with Crippen molar-refractivity contribution in [2.75, 3.05) is 18.9 Å². The fourth-order valence-electron chi connectivity index (χ4n) is 1.28. The maximum atomic E-state index is 11.4. The summed E-state index contributed by atoms with van der Waals surface area (Å²) in [5.41, 5.74) is 5.12. The van der Waals surface area contributed by atoms with Crippen molar-refractivity contribution in [2.24, 2.45) is 0 Å². The second kappa shape index (κ2) is 4.45. The van der Waals surface area contributed by atoms with Crippen molar-refractivity contribution in [2.45, 2.75) is 12.8 Å². The monoisotopic (exact) mass is 323 g/mol. The van der Waals surface area contributed by atoms with Crippen molar-refractivity contribution in [1.82, 2.24) is 9.55 Å². The van der Waals surface area contributed by atoms with Gasteiger partial charge in [-0.25, -0.2) is 4.79 Å². The average Bonchev–Trinajstić information content (AvgIpc) is 2.67. The number of anilines is 1. The predicted octanol–water partition coefficient (Wildman–Crippen LogP) is -0.197. The lowest BCUT2D eigenvalue weighted by molar-refractivity contribution is -0.0533. The largest absolute Gasteiger partial charge is 0.383 e. The maximum absolute atomic E-state index is 11.4. The molecule has 6 nitrogen and oxygen atoms in total. The molecule has 0 atom stereocenters. The molecule has 1 saturated heterocycles. The number of hydrogen-bond donors (Lipinski definition) is 1. The van der Waals surface area contributed by atoms with Gasteiger partial charge in [0.25, 0.3) is 0 Å². The molecule has 2 heterocycles. The smallest absolute Gasteiger partial charge is 0.349 e. The first-order valence-electron chi connectivity index (χ1n) is 4.42. The molecule has 0 saturated carbocycles. The average molecular weight is 323 g/mol. The molecule has 15 heavy (non-hydrogen) atoms. The fraction of sp³-hybridized carbons (Fsp3) is 0.500. The Morgan fingerprint density at radius 2 is 2.27 bits per heavy atom. The predicted molar refractivity (Wildman–Crippen MR) is 61.3 cm³/mol. The third-order valence-electron chi connectivity index (χ3n) is 2.01. The highest BCUT2D eigenvalue weighted by Crippen LogP contribution is 2.10. The van der Waals surface area contributed by atoms with E-state index >= 15 is 0 Å². The Labute approximate surface area is 99.5 Å². The molecule has 2 N–H and O–H groups in total. The van der Waals surface area contributed by atoms with Crippen LogP contribution in [0.25, 0.3) is 0 Å². The Morgan fingerprint density at radius 1 is 1.60 bits per heavy atom. The van der Waals surface area contributed by atoms with E-state index in [0.717, 1.165) is 3.57 Å². The Morgan fingerprint density at radius 3 is 2.93 bits per heavy atom. The summed E-state index contributed by atoms with van der Waals surface area (Å²) in [6, 6.07) is 0. The topological polar surface area (TPSA) is 79.4 Å². The lowest BCUT2D eigenvalue weighted by atomic mass is 10.5. The summed E-state index contributed by atoms with van der Waals surface area (Å²) < 4.78 is 12.7. The maximum Gasteiger partial charge on any atom is 0.349 e. The van der Waals surface area contributed by atoms with Crippen molar-refractivity contribution in [3.63, 3.8) is 0 Å². The minimum atomic E-state index is -0.382. The number of nitrogen functional groups attached to an aromatic ring is 1. The normalized spacial score (nSPS) is 17.1. The molecular formula is C8H10IN3O3. The van der Waals surface area contributed by atoms with Gasteiger partial charge in [0, 0.05) is 6.20 Å². The van der Waals surface area contributed by atoms with E-state index in [4.69, 9.17) is 15.2 Å². The van der Waals surface area contributed by atoms with Gasteiger partial charge in [-0.15, -0.1) is 0 Å². The van der Waals surface area contributed by atoms with Gasteiger partial charge in [0.1, 0.15) is 5.82 Å². The van der Waals surface area contributed by atoms with Crippen molar-refractivity contribution < 1.29 is 9.47 Å². The van der Waals surface area contributed by atoms with Crippen LogP contribution in [0.5, 0.6) is 0 Å². The first-order chi connectivity index (χ1) is 7.16. The van der Waals surface area contributed by atoms with Gasteiger partial charge in [-0.2, -0.15) is 4.98 Å². The van der Waals surface area contributed by atoms with Gasteiger partial charge in [-0.05, 0) is 22.6 Å². The van der Waals surface area contributed by atoms with Crippen LogP contribution in [0.4, 0.5) is 5.82 Å². The molecule has 0 bridgehead atoms. The molecule has 0 aliphatic carbocycles. The summed E-state index contributed by atoms with van der Waals surface area (Å²) in [6.07, 6.45) is 1.29. The number of nitrogens with zero attached hydrogens (tertiary/aromatic N) is 2. The molecular weight excluding hydrogens is 313 g/mol. The van der Waals surface area contributed by atoms with E-state index in [1.165, 1.54) is 4.57 Å². The Hall–Kier alpha value is -0.670. The zero-order valence-electron chi connectivity index (χ0n) is 7.85. The van der Waals surface area contributed by atoms with Crippen LogP contribution in [0, 0.1) is 3.57 Å². The minimum Gasteiger partial charge on any atom is -0.383 e. The van der Waals surface area contributed by atoms with Crippen molar-refractivity contribution >= 4 is 28.4 Å². The molecule has 0 radical (unpaired) electrons. The third kappa shape index (κ3) is 2.47. The van der Waals surface area contributed by atoms with Crippen LogP contribution in [-0.4, -0.2) is 29.1 Å². The highest BCUT2D eigenvalue weighted by molar-refractivity contribution is 14.1. The van der Waals surface area contributed by atoms with Gasteiger partial charge in [0.2, 0.25) is 0 Å². The third-order valence-corrected chi connectivity index (χ3v) is 2.84. The lowest BCUT2D eigenvalue weighted by Gasteiger charge is -2.11. The van der Waals surface area contributed by atoms with Gasteiger partial charge in [0.05, 0.1) is 23.3 Å². The van der Waals surface area contributed by atoms with E-state index in [1.54, 1.807) is 6.20 Å². The second-order valence-electron chi connectivity index (χ2n) is 3.08. The van der Waals surface area contributed by atoms with E-state index in [1.807, 2.05) is 22.6 Å². The van der Waals surface area contributed by atoms with E-state index in [0.29, 0.717) is 19.8 Å². The summed E-state index contributed by atoms with van der Waals surface area (Å²) in [5, 5.41) is 0. The van der Waals surface area contributed by atoms with Crippen LogP contribution in [0.1, 0.15) is 0 Å². The van der Waals surface area contributed by atoms with Gasteiger partial charge in [-0.3, -0.25) is 4.57 Å². The van der Waals surface area contributed by atoms with Gasteiger partial charge in [-0.1, -0.05) is 0 Å². The number of aromatic nitrogens is 2. The fourth-order valence-corrected chi connectivity index (χ4v) is 1.74. The molecule has 0 unspecified atom stereocenters. The first kappa shape index (κ1) is 10.8. The lowest BCUT2D eigenvalue weighted by Crippen LogP contribution is -2.29. The molecule has 1 aliphatic rings. The second-order valence-corrected chi connectivity index (χ2v) is 4.24. The molecule has 0 amide bonds. The summed E-state index contributed by atoms with van der Waals surface area (Å²) >= 11 is 2.02. The highest BCUT2D eigenvalue weighted by atomic mass is 127. The first-order valence-corrected chi connectivity index (χ1v) is 5.50. The van der Waals surface area contributed by atoms with Crippen molar-refractivity contribution in [3.8, 4) is 0 Å². The summed E-state index contributed by atoms with van der Waals surface area (Å²) in [4.78, 5) is 15.1. The molecule has 2 rings (SSSR count). The van der Waals surface area contributed by atoms with Crippen LogP contribution in [0.2, 0.25) is 0 Å². The number of nitrogens with two attached hydrogens (primary N) is 1. The van der Waals surface area contributed by atoms with E-state index in [2.05, 4.69) is 4.98 Å². The molecule has 1 fully saturated rings. The van der Waals surface area contributed by atoms with Gasteiger partial charge < -0.3 is 15.2 Å². The van der Waals surface area contributed by atoms with E-state index < -0.39 is 0 Å². The minimum absolute atomic E-state index is 0.255. The zero-order valence-corrected chi connectivity index (χ0v) is 10.0. The van der Waals surface area contributed by atoms with Crippen LogP contribution < -0.4 is 11.4 Å². The molecule has 1 aromatic heterocycles. The molecule has 0 aromatic carbocycles. The quantitative estimate of drug-likeness (QED) is 0.763. The molecule has 82 valence electrons. The Bertz CT molecular complexity index is 414. The summed E-state index contributed by atoms with van der Waals surface area (Å²) in [6.45, 7) is 1.49. The van der Waals surface area contributed by atoms with Crippen LogP contribution in [0.3, 0.4) is 0 Å².